The van der Waals surface area contributed by atoms with E-state index in [1.165, 1.54) is 12.1 Å². The van der Waals surface area contributed by atoms with Crippen LogP contribution in [0.1, 0.15) is 26.3 Å². The second-order valence-corrected chi connectivity index (χ2v) is 5.29. The van der Waals surface area contributed by atoms with Crippen molar-refractivity contribution < 1.29 is 13.9 Å². The number of hydrogen-bond acceptors (Lipinski definition) is 2. The smallest absolute Gasteiger partial charge is 0.385 e. The normalized spacial score (nSPS) is 10.4. The van der Waals surface area contributed by atoms with E-state index in [9.17, 15) is 9.18 Å². The molecular weight excluding hydrogens is 287 g/mol. The summed E-state index contributed by atoms with van der Waals surface area (Å²) in [4.78, 5) is 11.3. The van der Waals surface area contributed by atoms with Crippen LogP contribution in [0.15, 0.2) is 22.7 Å². The fourth-order valence-corrected chi connectivity index (χ4v) is 1.35. The Bertz CT molecular complexity index is 492. The molecule has 0 atom stereocenters. The Labute approximate surface area is 108 Å². The standard InChI is InChI=1S/C13H12BrFO2/c1-13(2,3)17-12(16)7-5-9-4-6-10(14)8-11(9)15/h4,6,8H,1-3H3. The second kappa shape index (κ2) is 5.33. The van der Waals surface area contributed by atoms with Crippen LogP contribution in [0.2, 0.25) is 0 Å². The lowest BCUT2D eigenvalue weighted by atomic mass is 10.2. The predicted molar refractivity (Wildman–Crippen MR) is 66.8 cm³/mol. The van der Waals surface area contributed by atoms with Crippen LogP contribution in [0, 0.1) is 17.7 Å². The van der Waals surface area contributed by atoms with Gasteiger partial charge in [0.15, 0.2) is 0 Å². The highest BCUT2D eigenvalue weighted by molar-refractivity contribution is 9.10. The Kier molecular flexibility index (Phi) is 4.30. The molecule has 0 heterocycles. The number of ether oxygens (including phenoxy) is 1. The van der Waals surface area contributed by atoms with E-state index in [-0.39, 0.29) is 5.56 Å². The van der Waals surface area contributed by atoms with Crippen LogP contribution in [-0.2, 0) is 9.53 Å². The van der Waals surface area contributed by atoms with Gasteiger partial charge in [-0.2, -0.15) is 0 Å². The fraction of sp³-hybridized carbons (Fsp3) is 0.308. The van der Waals surface area contributed by atoms with Crippen molar-refractivity contribution in [3.8, 4) is 11.8 Å². The summed E-state index contributed by atoms with van der Waals surface area (Å²) < 4.78 is 19.0. The average Bonchev–Trinajstić information content (AvgIpc) is 2.13. The molecule has 2 nitrogen and oxygen atoms in total. The van der Waals surface area contributed by atoms with Crippen molar-refractivity contribution in [3.63, 3.8) is 0 Å². The Balaban J connectivity index is 2.82. The van der Waals surface area contributed by atoms with Gasteiger partial charge >= 0.3 is 5.97 Å². The molecule has 0 spiro atoms. The molecule has 0 aliphatic heterocycles. The SMILES string of the molecule is CC(C)(C)OC(=O)C#Cc1ccc(Br)cc1F. The molecule has 0 amide bonds. The molecule has 1 aromatic rings. The first kappa shape index (κ1) is 13.7. The lowest BCUT2D eigenvalue weighted by molar-refractivity contribution is -0.147. The zero-order chi connectivity index (χ0) is 13.1. The first-order valence-electron chi connectivity index (χ1n) is 4.98. The summed E-state index contributed by atoms with van der Waals surface area (Å²) in [6.07, 6.45) is 0. The highest BCUT2D eigenvalue weighted by atomic mass is 79.9. The van der Waals surface area contributed by atoms with Crippen molar-refractivity contribution >= 4 is 21.9 Å². The van der Waals surface area contributed by atoms with Crippen molar-refractivity contribution in [2.24, 2.45) is 0 Å². The van der Waals surface area contributed by atoms with Gasteiger partial charge in [0.05, 0.1) is 5.56 Å². The summed E-state index contributed by atoms with van der Waals surface area (Å²) in [6, 6.07) is 4.44. The molecule has 0 fully saturated rings. The maximum atomic E-state index is 13.4. The van der Waals surface area contributed by atoms with Crippen LogP contribution in [0.25, 0.3) is 0 Å². The zero-order valence-corrected chi connectivity index (χ0v) is 11.4. The van der Waals surface area contributed by atoms with Crippen molar-refractivity contribution in [2.75, 3.05) is 0 Å². The van der Waals surface area contributed by atoms with E-state index in [4.69, 9.17) is 4.74 Å². The summed E-state index contributed by atoms with van der Waals surface area (Å²) >= 11 is 3.14. The first-order valence-corrected chi connectivity index (χ1v) is 5.77. The quantitative estimate of drug-likeness (QED) is 0.543. The molecule has 0 aliphatic rings. The molecule has 0 aromatic heterocycles. The third-order valence-electron chi connectivity index (χ3n) is 1.63. The molecule has 90 valence electrons. The molecule has 0 bridgehead atoms. The highest BCUT2D eigenvalue weighted by Gasteiger charge is 2.14. The van der Waals surface area contributed by atoms with E-state index in [0.29, 0.717) is 4.47 Å². The third kappa shape index (κ3) is 5.01. The maximum Gasteiger partial charge on any atom is 0.385 e. The van der Waals surface area contributed by atoms with Crippen LogP contribution < -0.4 is 0 Å². The van der Waals surface area contributed by atoms with Gasteiger partial charge in [-0.15, -0.1) is 0 Å². The van der Waals surface area contributed by atoms with Gasteiger partial charge in [0.1, 0.15) is 11.4 Å². The highest BCUT2D eigenvalue weighted by Crippen LogP contribution is 2.14. The summed E-state index contributed by atoms with van der Waals surface area (Å²) in [5, 5.41) is 0. The van der Waals surface area contributed by atoms with Gasteiger partial charge in [-0.05, 0) is 39.0 Å². The van der Waals surface area contributed by atoms with Gasteiger partial charge in [0.2, 0.25) is 0 Å². The number of rotatable bonds is 0. The minimum Gasteiger partial charge on any atom is -0.450 e. The van der Waals surface area contributed by atoms with Crippen LogP contribution >= 0.6 is 15.9 Å². The Morgan fingerprint density at radius 2 is 2.06 bits per heavy atom. The molecule has 4 heteroatoms. The lowest BCUT2D eigenvalue weighted by Gasteiger charge is -2.16. The Hall–Kier alpha value is -1.34. The summed E-state index contributed by atoms with van der Waals surface area (Å²) in [5.74, 6) is 3.55. The van der Waals surface area contributed by atoms with Gasteiger partial charge in [-0.3, -0.25) is 0 Å². The van der Waals surface area contributed by atoms with Crippen LogP contribution in [0.4, 0.5) is 4.39 Å². The molecule has 0 aliphatic carbocycles. The molecule has 17 heavy (non-hydrogen) atoms. The number of carbonyl (C=O) groups is 1. The summed E-state index contributed by atoms with van der Waals surface area (Å²) in [5.41, 5.74) is -0.427. The van der Waals surface area contributed by atoms with Crippen LogP contribution in [0.5, 0.6) is 0 Å². The molecular formula is C13H12BrFO2. The third-order valence-corrected chi connectivity index (χ3v) is 2.12. The number of esters is 1. The first-order chi connectivity index (χ1) is 7.78. The van der Waals surface area contributed by atoms with Crippen LogP contribution in [0.3, 0.4) is 0 Å². The van der Waals surface area contributed by atoms with E-state index in [1.807, 2.05) is 0 Å². The lowest BCUT2D eigenvalue weighted by Crippen LogP contribution is -2.22. The summed E-state index contributed by atoms with van der Waals surface area (Å²) in [7, 11) is 0. The van der Waals surface area contributed by atoms with Crippen molar-refractivity contribution in [3.05, 3.63) is 34.1 Å². The van der Waals surface area contributed by atoms with Crippen molar-refractivity contribution in [1.82, 2.24) is 0 Å². The van der Waals surface area contributed by atoms with Crippen LogP contribution in [-0.4, -0.2) is 11.6 Å². The van der Waals surface area contributed by atoms with Gasteiger partial charge in [-0.25, -0.2) is 9.18 Å². The minimum atomic E-state index is -0.667. The predicted octanol–water partition coefficient (Wildman–Crippen LogP) is 3.28. The number of benzene rings is 1. The van der Waals surface area contributed by atoms with E-state index in [2.05, 4.69) is 27.8 Å². The topological polar surface area (TPSA) is 26.3 Å². The molecule has 1 aromatic carbocycles. The monoisotopic (exact) mass is 298 g/mol. The summed E-state index contributed by atoms with van der Waals surface area (Å²) in [6.45, 7) is 5.23. The van der Waals surface area contributed by atoms with Gasteiger partial charge in [0.25, 0.3) is 0 Å². The fourth-order valence-electron chi connectivity index (χ4n) is 1.01. The molecule has 0 saturated heterocycles. The molecule has 0 N–H and O–H groups in total. The second-order valence-electron chi connectivity index (χ2n) is 4.38. The molecule has 0 saturated carbocycles. The number of halogens is 2. The molecule has 1 rings (SSSR count). The number of carbonyl (C=O) groups excluding carboxylic acids is 1. The minimum absolute atomic E-state index is 0.166. The Morgan fingerprint density at radius 1 is 1.41 bits per heavy atom. The van der Waals surface area contributed by atoms with Gasteiger partial charge in [-0.1, -0.05) is 21.9 Å². The van der Waals surface area contributed by atoms with E-state index in [1.54, 1.807) is 26.8 Å². The molecule has 0 radical (unpaired) electrons. The van der Waals surface area contributed by atoms with Gasteiger partial charge in [0, 0.05) is 10.4 Å². The van der Waals surface area contributed by atoms with E-state index in [0.717, 1.165) is 0 Å². The number of hydrogen-bond donors (Lipinski definition) is 0. The zero-order valence-electron chi connectivity index (χ0n) is 9.80. The largest absolute Gasteiger partial charge is 0.450 e. The van der Waals surface area contributed by atoms with Crippen molar-refractivity contribution in [1.29, 1.82) is 0 Å². The van der Waals surface area contributed by atoms with E-state index >= 15 is 0 Å². The van der Waals surface area contributed by atoms with Gasteiger partial charge < -0.3 is 4.74 Å². The van der Waals surface area contributed by atoms with E-state index < -0.39 is 17.4 Å². The molecule has 0 unspecified atom stereocenters. The average molecular weight is 299 g/mol. The van der Waals surface area contributed by atoms with Crippen molar-refractivity contribution in [2.45, 2.75) is 26.4 Å². The maximum absolute atomic E-state index is 13.4. The Morgan fingerprint density at radius 3 is 2.59 bits per heavy atom.